The molecule has 7 nitrogen and oxygen atoms in total. The summed E-state index contributed by atoms with van der Waals surface area (Å²) in [5.41, 5.74) is 0. The molecule has 0 radical (unpaired) electrons. The van der Waals surface area contributed by atoms with Gasteiger partial charge in [0.05, 0.1) is 18.5 Å². The van der Waals surface area contributed by atoms with Crippen LogP contribution in [-0.4, -0.2) is 60.3 Å². The number of fused-ring (bicyclic) bond motifs is 1. The molecule has 136 valence electrons. The number of ether oxygens (including phenoxy) is 2. The molecule has 2 heterocycles. The lowest BCUT2D eigenvalue weighted by Gasteiger charge is -2.34. The molecule has 2 aliphatic heterocycles. The Labute approximate surface area is 146 Å². The van der Waals surface area contributed by atoms with Gasteiger partial charge >= 0.3 is 5.97 Å². The third-order valence-electron chi connectivity index (χ3n) is 4.88. The standard InChI is InChI=1S/C18H24N2O5/c1-12(20-8-6-13(7-9-20)18(22)23)17(21)19-10-14-11-24-15-4-2-3-5-16(15)25-14/h2-5,12-14H,6-11H2,1H3,(H,19,21)(H,22,23). The van der Waals surface area contributed by atoms with E-state index in [0.717, 1.165) is 5.75 Å². The first-order valence-corrected chi connectivity index (χ1v) is 8.67. The number of rotatable bonds is 5. The number of amides is 1. The molecule has 1 saturated heterocycles. The lowest BCUT2D eigenvalue weighted by molar-refractivity contribution is -0.143. The van der Waals surface area contributed by atoms with Gasteiger partial charge in [0, 0.05) is 0 Å². The van der Waals surface area contributed by atoms with E-state index in [9.17, 15) is 9.59 Å². The van der Waals surface area contributed by atoms with Crippen LogP contribution in [-0.2, 0) is 9.59 Å². The van der Waals surface area contributed by atoms with Crippen molar-refractivity contribution in [2.45, 2.75) is 31.9 Å². The van der Waals surface area contributed by atoms with Crippen LogP contribution in [0.1, 0.15) is 19.8 Å². The third-order valence-corrected chi connectivity index (χ3v) is 4.88. The maximum absolute atomic E-state index is 12.4. The van der Waals surface area contributed by atoms with Gasteiger partial charge in [0.2, 0.25) is 5.91 Å². The predicted molar refractivity (Wildman–Crippen MR) is 90.8 cm³/mol. The topological polar surface area (TPSA) is 88.1 Å². The van der Waals surface area contributed by atoms with Crippen LogP contribution >= 0.6 is 0 Å². The molecular formula is C18H24N2O5. The highest BCUT2D eigenvalue weighted by atomic mass is 16.6. The molecule has 0 bridgehead atoms. The van der Waals surface area contributed by atoms with Crippen LogP contribution in [0.2, 0.25) is 0 Å². The normalized spacial score (nSPS) is 22.2. The second kappa shape index (κ2) is 7.74. The van der Waals surface area contributed by atoms with Gasteiger partial charge in [0.15, 0.2) is 11.5 Å². The van der Waals surface area contributed by atoms with Crippen molar-refractivity contribution in [3.63, 3.8) is 0 Å². The minimum absolute atomic E-state index is 0.0729. The zero-order chi connectivity index (χ0) is 17.8. The average molecular weight is 348 g/mol. The van der Waals surface area contributed by atoms with E-state index in [1.807, 2.05) is 36.1 Å². The summed E-state index contributed by atoms with van der Waals surface area (Å²) >= 11 is 0. The minimum atomic E-state index is -0.744. The number of nitrogens with zero attached hydrogens (tertiary/aromatic N) is 1. The molecule has 7 heteroatoms. The lowest BCUT2D eigenvalue weighted by Crippen LogP contribution is -2.51. The van der Waals surface area contributed by atoms with Crippen LogP contribution in [0.5, 0.6) is 11.5 Å². The summed E-state index contributed by atoms with van der Waals surface area (Å²) in [7, 11) is 0. The first kappa shape index (κ1) is 17.5. The monoisotopic (exact) mass is 348 g/mol. The lowest BCUT2D eigenvalue weighted by atomic mass is 9.96. The Morgan fingerprint density at radius 1 is 1.28 bits per heavy atom. The van der Waals surface area contributed by atoms with Crippen molar-refractivity contribution in [1.29, 1.82) is 0 Å². The Balaban J connectivity index is 1.44. The minimum Gasteiger partial charge on any atom is -0.486 e. The highest BCUT2D eigenvalue weighted by Crippen LogP contribution is 2.30. The number of carbonyl (C=O) groups is 2. The largest absolute Gasteiger partial charge is 0.486 e. The number of carbonyl (C=O) groups excluding carboxylic acids is 1. The van der Waals surface area contributed by atoms with Crippen molar-refractivity contribution in [3.05, 3.63) is 24.3 Å². The number of carboxylic acid groups (broad SMARTS) is 1. The van der Waals surface area contributed by atoms with Gasteiger partial charge in [-0.3, -0.25) is 14.5 Å². The van der Waals surface area contributed by atoms with Gasteiger partial charge in [-0.25, -0.2) is 0 Å². The SMILES string of the molecule is CC(C(=O)NCC1COc2ccccc2O1)N1CCC(C(=O)O)CC1. The molecule has 0 aliphatic carbocycles. The molecule has 0 spiro atoms. The van der Waals surface area contributed by atoms with Gasteiger partial charge in [-0.2, -0.15) is 0 Å². The fraction of sp³-hybridized carbons (Fsp3) is 0.556. The Bertz CT molecular complexity index is 628. The first-order valence-electron chi connectivity index (χ1n) is 8.67. The van der Waals surface area contributed by atoms with E-state index in [1.165, 1.54) is 0 Å². The molecule has 1 amide bonds. The Morgan fingerprint density at radius 2 is 1.96 bits per heavy atom. The summed E-state index contributed by atoms with van der Waals surface area (Å²) in [5, 5.41) is 12.0. The van der Waals surface area contributed by atoms with Gasteiger partial charge in [0.25, 0.3) is 0 Å². The molecule has 25 heavy (non-hydrogen) atoms. The number of benzene rings is 1. The predicted octanol–water partition coefficient (Wildman–Crippen LogP) is 1.13. The Kier molecular flexibility index (Phi) is 5.43. The molecule has 1 aromatic carbocycles. The maximum atomic E-state index is 12.4. The van der Waals surface area contributed by atoms with E-state index < -0.39 is 5.97 Å². The van der Waals surface area contributed by atoms with Crippen LogP contribution < -0.4 is 14.8 Å². The fourth-order valence-corrected chi connectivity index (χ4v) is 3.23. The van der Waals surface area contributed by atoms with E-state index in [4.69, 9.17) is 14.6 Å². The van der Waals surface area contributed by atoms with Gasteiger partial charge in [-0.15, -0.1) is 0 Å². The van der Waals surface area contributed by atoms with Crippen LogP contribution in [0, 0.1) is 5.92 Å². The van der Waals surface area contributed by atoms with Gasteiger partial charge in [0.1, 0.15) is 12.7 Å². The summed E-state index contributed by atoms with van der Waals surface area (Å²) < 4.78 is 11.5. The van der Waals surface area contributed by atoms with Crippen LogP contribution in [0.4, 0.5) is 0 Å². The summed E-state index contributed by atoms with van der Waals surface area (Å²) in [6.07, 6.45) is 0.955. The van der Waals surface area contributed by atoms with Crippen molar-refractivity contribution in [2.24, 2.45) is 5.92 Å². The van der Waals surface area contributed by atoms with Crippen molar-refractivity contribution in [1.82, 2.24) is 10.2 Å². The fourth-order valence-electron chi connectivity index (χ4n) is 3.23. The number of piperidine rings is 1. The number of likely N-dealkylation sites (tertiary alicyclic amines) is 1. The number of para-hydroxylation sites is 2. The first-order chi connectivity index (χ1) is 12.0. The second-order valence-corrected chi connectivity index (χ2v) is 6.57. The summed E-state index contributed by atoms with van der Waals surface area (Å²) in [5.74, 6) is 0.304. The Morgan fingerprint density at radius 3 is 2.64 bits per heavy atom. The van der Waals surface area contributed by atoms with E-state index >= 15 is 0 Å². The van der Waals surface area contributed by atoms with Gasteiger partial charge in [-0.1, -0.05) is 12.1 Å². The van der Waals surface area contributed by atoms with Crippen molar-refractivity contribution in [2.75, 3.05) is 26.2 Å². The highest BCUT2D eigenvalue weighted by Gasteiger charge is 2.30. The van der Waals surface area contributed by atoms with Crippen molar-refractivity contribution in [3.8, 4) is 11.5 Å². The van der Waals surface area contributed by atoms with Gasteiger partial charge < -0.3 is 19.9 Å². The second-order valence-electron chi connectivity index (χ2n) is 6.57. The smallest absolute Gasteiger partial charge is 0.306 e. The molecule has 1 aromatic rings. The summed E-state index contributed by atoms with van der Waals surface area (Å²) in [6, 6.07) is 7.18. The van der Waals surface area contributed by atoms with E-state index in [-0.39, 0.29) is 24.0 Å². The van der Waals surface area contributed by atoms with E-state index in [1.54, 1.807) is 0 Å². The maximum Gasteiger partial charge on any atom is 0.306 e. The number of hydrogen-bond acceptors (Lipinski definition) is 5. The summed E-state index contributed by atoms with van der Waals surface area (Å²) in [4.78, 5) is 25.4. The van der Waals surface area contributed by atoms with Crippen LogP contribution in [0.25, 0.3) is 0 Å². The molecular weight excluding hydrogens is 324 g/mol. The number of hydrogen-bond donors (Lipinski definition) is 2. The molecule has 2 aliphatic rings. The zero-order valence-corrected chi connectivity index (χ0v) is 14.3. The zero-order valence-electron chi connectivity index (χ0n) is 14.3. The van der Waals surface area contributed by atoms with E-state index in [2.05, 4.69) is 5.32 Å². The average Bonchev–Trinajstić information content (AvgIpc) is 2.65. The Hall–Kier alpha value is -2.28. The van der Waals surface area contributed by atoms with Crippen molar-refractivity contribution >= 4 is 11.9 Å². The molecule has 0 aromatic heterocycles. The molecule has 1 fully saturated rings. The summed E-state index contributed by atoms with van der Waals surface area (Å²) in [6.45, 7) is 3.88. The highest BCUT2D eigenvalue weighted by molar-refractivity contribution is 5.81. The van der Waals surface area contributed by atoms with Crippen molar-refractivity contribution < 1.29 is 24.2 Å². The number of aliphatic carboxylic acids is 1. The third kappa shape index (κ3) is 4.22. The van der Waals surface area contributed by atoms with Gasteiger partial charge in [-0.05, 0) is 45.0 Å². The molecule has 0 saturated carbocycles. The van der Waals surface area contributed by atoms with Crippen LogP contribution in [0.15, 0.2) is 24.3 Å². The van der Waals surface area contributed by atoms with Crippen LogP contribution in [0.3, 0.4) is 0 Å². The number of nitrogens with one attached hydrogen (secondary N) is 1. The molecule has 2 unspecified atom stereocenters. The molecule has 2 atom stereocenters. The number of carboxylic acids is 1. The molecule has 3 rings (SSSR count). The molecule has 2 N–H and O–H groups in total. The van der Waals surface area contributed by atoms with E-state index in [0.29, 0.717) is 44.8 Å². The quantitative estimate of drug-likeness (QED) is 0.829.